The third-order valence-electron chi connectivity index (χ3n) is 5.12. The maximum absolute atomic E-state index is 9.30. The average molecular weight is 268 g/mol. The number of nitrogens with one attached hydrogen (secondary N) is 1. The first kappa shape index (κ1) is 15.3. The molecule has 3 nitrogen and oxygen atoms in total. The molecule has 0 aromatic carbocycles. The van der Waals surface area contributed by atoms with E-state index in [2.05, 4.69) is 24.1 Å². The van der Waals surface area contributed by atoms with Gasteiger partial charge < -0.3 is 15.3 Å². The highest BCUT2D eigenvalue weighted by atomic mass is 16.3. The highest BCUT2D eigenvalue weighted by Gasteiger charge is 2.37. The predicted molar refractivity (Wildman–Crippen MR) is 80.2 cm³/mol. The largest absolute Gasteiger partial charge is 0.396 e. The van der Waals surface area contributed by atoms with Crippen LogP contribution in [0.1, 0.15) is 46.0 Å². The summed E-state index contributed by atoms with van der Waals surface area (Å²) in [4.78, 5) is 2.61. The second-order valence-corrected chi connectivity index (χ2v) is 7.05. The van der Waals surface area contributed by atoms with Crippen molar-refractivity contribution < 1.29 is 5.11 Å². The van der Waals surface area contributed by atoms with Gasteiger partial charge >= 0.3 is 0 Å². The molecule has 1 aliphatic carbocycles. The van der Waals surface area contributed by atoms with Gasteiger partial charge in [0.05, 0.1) is 0 Å². The van der Waals surface area contributed by atoms with Gasteiger partial charge in [0.15, 0.2) is 0 Å². The molecule has 112 valence electrons. The molecule has 0 amide bonds. The maximum atomic E-state index is 9.30. The van der Waals surface area contributed by atoms with Crippen LogP contribution < -0.4 is 5.32 Å². The molecule has 3 unspecified atom stereocenters. The van der Waals surface area contributed by atoms with Gasteiger partial charge in [-0.05, 0) is 49.6 Å². The number of aliphatic hydroxyl groups excluding tert-OH is 1. The third-order valence-corrected chi connectivity index (χ3v) is 5.12. The van der Waals surface area contributed by atoms with Crippen molar-refractivity contribution in [3.05, 3.63) is 0 Å². The van der Waals surface area contributed by atoms with Gasteiger partial charge in [0.1, 0.15) is 0 Å². The molecule has 1 saturated carbocycles. The Morgan fingerprint density at radius 3 is 2.84 bits per heavy atom. The lowest BCUT2D eigenvalue weighted by atomic mass is 9.69. The SMILES string of the molecule is CCNCC1(CN2CCC(CO)C2)CCCC(C)C1. The van der Waals surface area contributed by atoms with E-state index in [1.165, 1.54) is 51.7 Å². The van der Waals surface area contributed by atoms with Crippen molar-refractivity contribution in [1.82, 2.24) is 10.2 Å². The van der Waals surface area contributed by atoms with Crippen LogP contribution in [0.2, 0.25) is 0 Å². The van der Waals surface area contributed by atoms with Gasteiger partial charge in [0, 0.05) is 26.2 Å². The van der Waals surface area contributed by atoms with Crippen LogP contribution >= 0.6 is 0 Å². The predicted octanol–water partition coefficient (Wildman–Crippen LogP) is 2.11. The van der Waals surface area contributed by atoms with Gasteiger partial charge in [-0.1, -0.05) is 26.7 Å². The average Bonchev–Trinajstić information content (AvgIpc) is 2.84. The second-order valence-electron chi connectivity index (χ2n) is 7.05. The molecule has 0 spiro atoms. The van der Waals surface area contributed by atoms with E-state index in [9.17, 15) is 5.11 Å². The fourth-order valence-corrected chi connectivity index (χ4v) is 4.20. The fraction of sp³-hybridized carbons (Fsp3) is 1.00. The molecule has 2 fully saturated rings. The summed E-state index contributed by atoms with van der Waals surface area (Å²) >= 11 is 0. The van der Waals surface area contributed by atoms with E-state index in [4.69, 9.17) is 0 Å². The molecule has 0 aromatic rings. The van der Waals surface area contributed by atoms with Crippen molar-refractivity contribution in [3.63, 3.8) is 0 Å². The summed E-state index contributed by atoms with van der Waals surface area (Å²) in [5.74, 6) is 1.40. The van der Waals surface area contributed by atoms with Crippen molar-refractivity contribution in [3.8, 4) is 0 Å². The lowest BCUT2D eigenvalue weighted by Crippen LogP contribution is -2.46. The molecule has 1 heterocycles. The van der Waals surface area contributed by atoms with Crippen molar-refractivity contribution in [2.45, 2.75) is 46.0 Å². The van der Waals surface area contributed by atoms with Crippen molar-refractivity contribution >= 4 is 0 Å². The summed E-state index contributed by atoms with van der Waals surface area (Å²) in [7, 11) is 0. The standard InChI is InChI=1S/C16H32N2O/c1-3-17-12-16(7-4-5-14(2)9-16)13-18-8-6-15(10-18)11-19/h14-15,17,19H,3-13H2,1-2H3. The van der Waals surface area contributed by atoms with Gasteiger partial charge in [-0.25, -0.2) is 0 Å². The van der Waals surface area contributed by atoms with Crippen LogP contribution in [0.3, 0.4) is 0 Å². The normalized spacial score (nSPS) is 36.8. The van der Waals surface area contributed by atoms with E-state index in [1.54, 1.807) is 0 Å². The van der Waals surface area contributed by atoms with Gasteiger partial charge in [0.25, 0.3) is 0 Å². The van der Waals surface area contributed by atoms with E-state index in [0.29, 0.717) is 17.9 Å². The number of nitrogens with zero attached hydrogens (tertiary/aromatic N) is 1. The minimum absolute atomic E-state index is 0.368. The lowest BCUT2D eigenvalue weighted by Gasteiger charge is -2.43. The van der Waals surface area contributed by atoms with E-state index < -0.39 is 0 Å². The highest BCUT2D eigenvalue weighted by molar-refractivity contribution is 4.91. The Morgan fingerprint density at radius 2 is 2.21 bits per heavy atom. The van der Waals surface area contributed by atoms with E-state index in [-0.39, 0.29) is 0 Å². The Labute approximate surface area is 118 Å². The topological polar surface area (TPSA) is 35.5 Å². The fourth-order valence-electron chi connectivity index (χ4n) is 4.20. The van der Waals surface area contributed by atoms with Gasteiger partial charge in [-0.15, -0.1) is 0 Å². The summed E-state index contributed by atoms with van der Waals surface area (Å²) in [6.07, 6.45) is 6.74. The number of aliphatic hydroxyl groups is 1. The highest BCUT2D eigenvalue weighted by Crippen LogP contribution is 2.40. The van der Waals surface area contributed by atoms with Crippen LogP contribution in [0, 0.1) is 17.3 Å². The molecule has 19 heavy (non-hydrogen) atoms. The first-order chi connectivity index (χ1) is 9.17. The number of hydrogen-bond donors (Lipinski definition) is 2. The van der Waals surface area contributed by atoms with Crippen LogP contribution in [-0.4, -0.2) is 49.3 Å². The zero-order valence-electron chi connectivity index (χ0n) is 12.8. The van der Waals surface area contributed by atoms with E-state index >= 15 is 0 Å². The summed E-state index contributed by atoms with van der Waals surface area (Å²) in [5, 5.41) is 12.9. The van der Waals surface area contributed by atoms with Crippen LogP contribution in [0.5, 0.6) is 0 Å². The maximum Gasteiger partial charge on any atom is 0.0471 e. The molecule has 2 N–H and O–H groups in total. The molecular formula is C16H32N2O. The van der Waals surface area contributed by atoms with Gasteiger partial charge in [-0.2, -0.15) is 0 Å². The number of hydrogen-bond acceptors (Lipinski definition) is 3. The summed E-state index contributed by atoms with van der Waals surface area (Å²) in [6.45, 7) is 10.8. The molecule has 0 bridgehead atoms. The quantitative estimate of drug-likeness (QED) is 0.774. The smallest absolute Gasteiger partial charge is 0.0471 e. The summed E-state index contributed by atoms with van der Waals surface area (Å²) < 4.78 is 0. The molecule has 2 rings (SSSR count). The minimum Gasteiger partial charge on any atom is -0.396 e. The number of rotatable bonds is 6. The monoisotopic (exact) mass is 268 g/mol. The number of likely N-dealkylation sites (tertiary alicyclic amines) is 1. The Balaban J connectivity index is 1.93. The Bertz CT molecular complexity index is 271. The zero-order valence-corrected chi connectivity index (χ0v) is 12.8. The molecule has 2 aliphatic rings. The molecule has 1 aliphatic heterocycles. The first-order valence-corrected chi connectivity index (χ1v) is 8.21. The third kappa shape index (κ3) is 4.17. The molecule has 1 saturated heterocycles. The van der Waals surface area contributed by atoms with Crippen LogP contribution in [-0.2, 0) is 0 Å². The second kappa shape index (κ2) is 7.05. The van der Waals surface area contributed by atoms with E-state index in [0.717, 1.165) is 19.0 Å². The molecule has 3 atom stereocenters. The molecular weight excluding hydrogens is 236 g/mol. The van der Waals surface area contributed by atoms with Crippen LogP contribution in [0.15, 0.2) is 0 Å². The van der Waals surface area contributed by atoms with Crippen LogP contribution in [0.25, 0.3) is 0 Å². The first-order valence-electron chi connectivity index (χ1n) is 8.21. The lowest BCUT2D eigenvalue weighted by molar-refractivity contribution is 0.0879. The Hall–Kier alpha value is -0.120. The summed E-state index contributed by atoms with van der Waals surface area (Å²) in [6, 6.07) is 0. The Kier molecular flexibility index (Phi) is 5.67. The van der Waals surface area contributed by atoms with Crippen molar-refractivity contribution in [2.75, 3.05) is 39.3 Å². The van der Waals surface area contributed by atoms with Crippen molar-refractivity contribution in [1.29, 1.82) is 0 Å². The molecule has 0 aromatic heterocycles. The molecule has 0 radical (unpaired) electrons. The van der Waals surface area contributed by atoms with Crippen LogP contribution in [0.4, 0.5) is 0 Å². The minimum atomic E-state index is 0.368. The van der Waals surface area contributed by atoms with E-state index in [1.807, 2.05) is 0 Å². The zero-order chi connectivity index (χ0) is 13.7. The summed E-state index contributed by atoms with van der Waals surface area (Å²) in [5.41, 5.74) is 0.484. The molecule has 3 heteroatoms. The van der Waals surface area contributed by atoms with Crippen molar-refractivity contribution in [2.24, 2.45) is 17.3 Å². The Morgan fingerprint density at radius 1 is 1.37 bits per heavy atom. The van der Waals surface area contributed by atoms with Gasteiger partial charge in [0.2, 0.25) is 0 Å². The van der Waals surface area contributed by atoms with Gasteiger partial charge in [-0.3, -0.25) is 0 Å².